The summed E-state index contributed by atoms with van der Waals surface area (Å²) < 4.78 is 23.6. The summed E-state index contributed by atoms with van der Waals surface area (Å²) in [6, 6.07) is 25.8. The van der Waals surface area contributed by atoms with Crippen LogP contribution in [0.5, 0.6) is 46.0 Å². The van der Waals surface area contributed by atoms with Gasteiger partial charge >= 0.3 is 23.9 Å². The Morgan fingerprint density at radius 3 is 1.00 bits per heavy atom. The van der Waals surface area contributed by atoms with E-state index in [-0.39, 0.29) is 57.8 Å². The fraction of sp³-hybridized carbons (Fsp3) is 0.500. The summed E-state index contributed by atoms with van der Waals surface area (Å²) >= 11 is 0. The largest absolute Gasteiger partial charge is 0.508 e. The zero-order valence-electron chi connectivity index (χ0n) is 62.7. The number of hydrogen-bond donors (Lipinski definition) is 4. The van der Waals surface area contributed by atoms with Crippen molar-refractivity contribution in [2.24, 2.45) is 35.5 Å². The lowest BCUT2D eigenvalue weighted by Crippen LogP contribution is -2.29. The highest BCUT2D eigenvalue weighted by Gasteiger charge is 2.39. The summed E-state index contributed by atoms with van der Waals surface area (Å²) in [7, 11) is 0. The van der Waals surface area contributed by atoms with Crippen molar-refractivity contribution in [3.8, 4) is 68.2 Å². The molecular formula is C88H116O12. The van der Waals surface area contributed by atoms with Gasteiger partial charge in [-0.3, -0.25) is 0 Å². The van der Waals surface area contributed by atoms with Crippen molar-refractivity contribution >= 4 is 35.0 Å². The molecule has 2 aliphatic carbocycles. The molecule has 2 fully saturated rings. The van der Waals surface area contributed by atoms with Crippen molar-refractivity contribution in [1.82, 2.24) is 0 Å². The third-order valence-corrected chi connectivity index (χ3v) is 20.7. The van der Waals surface area contributed by atoms with Gasteiger partial charge in [-0.05, 0) is 245 Å². The van der Waals surface area contributed by atoms with Crippen LogP contribution in [-0.2, 0) is 44.9 Å². The van der Waals surface area contributed by atoms with E-state index in [0.717, 1.165) is 184 Å². The number of carbonyl (C=O) groups excluding carboxylic acids is 4. The van der Waals surface area contributed by atoms with Gasteiger partial charge in [0.15, 0.2) is 0 Å². The van der Waals surface area contributed by atoms with Gasteiger partial charge in [-0.1, -0.05) is 205 Å². The molecule has 0 bridgehead atoms. The highest BCUT2D eigenvalue weighted by atomic mass is 16.6. The summed E-state index contributed by atoms with van der Waals surface area (Å²) in [4.78, 5) is 54.8. The second-order valence-corrected chi connectivity index (χ2v) is 29.9. The maximum Gasteiger partial charge on any atom is 0.423 e. The van der Waals surface area contributed by atoms with Gasteiger partial charge in [0, 0.05) is 11.1 Å². The summed E-state index contributed by atoms with van der Waals surface area (Å²) in [6.45, 7) is 37.7. The molecule has 12 nitrogen and oxygen atoms in total. The monoisotopic (exact) mass is 1360 g/mol. The van der Waals surface area contributed by atoms with Crippen LogP contribution < -0.4 is 18.9 Å². The number of allylic oxidation sites excluding steroid dienone is 2. The van der Waals surface area contributed by atoms with Gasteiger partial charge in [-0.2, -0.15) is 0 Å². The summed E-state index contributed by atoms with van der Waals surface area (Å²) in [6.07, 6.45) is 20.8. The van der Waals surface area contributed by atoms with Crippen molar-refractivity contribution < 1.29 is 58.6 Å². The van der Waals surface area contributed by atoms with Crippen LogP contribution in [0.2, 0.25) is 0 Å². The van der Waals surface area contributed by atoms with E-state index in [1.54, 1.807) is 36.4 Å². The number of aromatic hydroxyl groups is 4. The predicted molar refractivity (Wildman–Crippen MR) is 406 cm³/mol. The number of aryl methyl sites for hydroxylation is 6. The SMILES string of the molecule is C=C(C)c1ccc(C)cc1-c1c(O)cc(CCCCC)cc1OC(=O)C(=O)Oc1cc(CCCCC)cc(O)c1[C@@H]1C[C@@H](C)CC[C@H]1C(C)C.C=C(C)c1ccc(C)cc1-c1c(O)cc(CCCCC)cc1OC(=O)C(=O)Oc1cc(CCCCC)cc(O)c1[C@@H]1C[C@H](C)CC[C@H]1C(C)C. The molecule has 0 radical (unpaired) electrons. The average molecular weight is 1370 g/mol. The first-order valence-electron chi connectivity index (χ1n) is 37.5. The molecule has 6 atom stereocenters. The highest BCUT2D eigenvalue weighted by molar-refractivity contribution is 6.31. The lowest BCUT2D eigenvalue weighted by molar-refractivity contribution is -0.156. The van der Waals surface area contributed by atoms with Gasteiger partial charge in [0.05, 0.1) is 11.1 Å². The van der Waals surface area contributed by atoms with Gasteiger partial charge in [-0.25, -0.2) is 19.2 Å². The van der Waals surface area contributed by atoms with Gasteiger partial charge in [-0.15, -0.1) is 0 Å². The van der Waals surface area contributed by atoms with Crippen LogP contribution in [0.15, 0.2) is 98.1 Å². The lowest BCUT2D eigenvalue weighted by Gasteiger charge is -2.38. The Bertz CT molecular complexity index is 3580. The zero-order valence-corrected chi connectivity index (χ0v) is 62.7. The molecule has 4 N–H and O–H groups in total. The van der Waals surface area contributed by atoms with Crippen LogP contribution in [0.1, 0.15) is 266 Å². The summed E-state index contributed by atoms with van der Waals surface area (Å²) in [5.74, 6) is -1.78. The molecule has 0 aliphatic heterocycles. The first-order chi connectivity index (χ1) is 47.7. The number of carbonyl (C=O) groups is 4. The Morgan fingerprint density at radius 1 is 0.420 bits per heavy atom. The van der Waals surface area contributed by atoms with Crippen molar-refractivity contribution in [3.63, 3.8) is 0 Å². The molecule has 2 saturated carbocycles. The van der Waals surface area contributed by atoms with Crippen molar-refractivity contribution in [2.45, 2.75) is 250 Å². The number of benzene rings is 6. The van der Waals surface area contributed by atoms with E-state index >= 15 is 0 Å². The number of rotatable bonds is 28. The third-order valence-electron chi connectivity index (χ3n) is 20.7. The van der Waals surface area contributed by atoms with Crippen LogP contribution in [0.3, 0.4) is 0 Å². The smallest absolute Gasteiger partial charge is 0.423 e. The first kappa shape index (κ1) is 79.2. The van der Waals surface area contributed by atoms with E-state index in [1.807, 2.05) is 76.2 Å². The molecule has 100 heavy (non-hydrogen) atoms. The molecule has 0 unspecified atom stereocenters. The molecule has 0 saturated heterocycles. The standard InChI is InChI=1S/2C44H58O6/c2*1-9-11-13-15-31-23-37(45)41(35-21-29(7)17-19-33(35)27(3)4)39(25-31)49-43(47)44(48)50-40-26-32(16-14-12-10-2)24-38(46)42(40)36-22-30(8)18-20-34(36)28(5)6/h2*17,19,21,23-26,28,30,34,36,45-46H,3,9-16,18,20,22H2,1-2,4-8H3/t30-,34+,36-;30-,34-,36+/m10/s1. The van der Waals surface area contributed by atoms with Crippen LogP contribution in [0.25, 0.3) is 33.4 Å². The fourth-order valence-electron chi connectivity index (χ4n) is 15.3. The predicted octanol–water partition coefficient (Wildman–Crippen LogP) is 22.5. The van der Waals surface area contributed by atoms with Gasteiger partial charge in [0.1, 0.15) is 46.0 Å². The number of ether oxygens (including phenoxy) is 4. The molecule has 0 amide bonds. The van der Waals surface area contributed by atoms with E-state index in [9.17, 15) is 39.6 Å². The zero-order chi connectivity index (χ0) is 73.1. The minimum absolute atomic E-state index is 0.0208. The van der Waals surface area contributed by atoms with Crippen molar-refractivity contribution in [3.05, 3.63) is 154 Å². The van der Waals surface area contributed by atoms with E-state index in [2.05, 4.69) is 82.4 Å². The van der Waals surface area contributed by atoms with Crippen molar-refractivity contribution in [1.29, 1.82) is 0 Å². The molecular weight excluding hydrogens is 1250 g/mol. The topological polar surface area (TPSA) is 186 Å². The van der Waals surface area contributed by atoms with Gasteiger partial charge in [0.2, 0.25) is 0 Å². The molecule has 0 heterocycles. The van der Waals surface area contributed by atoms with Gasteiger partial charge < -0.3 is 39.4 Å². The number of phenols is 4. The number of phenolic OH excluding ortho intramolecular Hbond substituents is 4. The first-order valence-corrected chi connectivity index (χ1v) is 37.5. The van der Waals surface area contributed by atoms with Crippen LogP contribution in [0, 0.1) is 49.4 Å². The van der Waals surface area contributed by atoms with Crippen molar-refractivity contribution in [2.75, 3.05) is 0 Å². The van der Waals surface area contributed by atoms with Gasteiger partial charge in [0.25, 0.3) is 0 Å². The maximum atomic E-state index is 13.7. The Morgan fingerprint density at radius 2 is 0.710 bits per heavy atom. The molecule has 0 spiro atoms. The normalized spacial score (nSPS) is 17.5. The Hall–Kier alpha value is -8.12. The van der Waals surface area contributed by atoms with Crippen LogP contribution >= 0.6 is 0 Å². The third kappa shape index (κ3) is 21.0. The average Bonchev–Trinajstić information content (AvgIpc) is 0.801. The quantitative estimate of drug-likeness (QED) is 0.0158. The molecule has 2 aliphatic rings. The van der Waals surface area contributed by atoms with E-state index in [1.165, 1.54) is 0 Å². The maximum absolute atomic E-state index is 13.7. The molecule has 540 valence electrons. The van der Waals surface area contributed by atoms with Crippen LogP contribution in [0.4, 0.5) is 0 Å². The molecule has 8 rings (SSSR count). The summed E-state index contributed by atoms with van der Waals surface area (Å²) in [5, 5.41) is 45.9. The Kier molecular flexibility index (Phi) is 29.7. The number of hydrogen-bond acceptors (Lipinski definition) is 12. The Balaban J connectivity index is 0.000000281. The fourth-order valence-corrected chi connectivity index (χ4v) is 15.3. The molecule has 0 aromatic heterocycles. The highest BCUT2D eigenvalue weighted by Crippen LogP contribution is 2.53. The molecule has 6 aromatic rings. The number of esters is 4. The summed E-state index contributed by atoms with van der Waals surface area (Å²) in [5.41, 5.74) is 11.5. The van der Waals surface area contributed by atoms with Crippen LogP contribution in [-0.4, -0.2) is 44.3 Å². The second-order valence-electron chi connectivity index (χ2n) is 29.9. The Labute approximate surface area is 598 Å². The van der Waals surface area contributed by atoms with E-state index < -0.39 is 23.9 Å². The van der Waals surface area contributed by atoms with E-state index in [0.29, 0.717) is 81.7 Å². The molecule has 6 aromatic carbocycles. The number of unbranched alkanes of at least 4 members (excludes halogenated alkanes) is 8. The lowest BCUT2D eigenvalue weighted by atomic mass is 9.67. The molecule has 12 heteroatoms. The minimum atomic E-state index is -1.19. The van der Waals surface area contributed by atoms with E-state index in [4.69, 9.17) is 18.9 Å². The minimum Gasteiger partial charge on any atom is -0.508 e. The second kappa shape index (κ2) is 37.5.